The number of ether oxygens (including phenoxy) is 3. The number of carbonyl (C=O) groups excluding carboxylic acids is 3. The van der Waals surface area contributed by atoms with Crippen LogP contribution in [0.5, 0.6) is 11.5 Å². The maximum atomic E-state index is 14.2. The first-order chi connectivity index (χ1) is 23.7. The minimum atomic E-state index is -1.80. The fourth-order valence-corrected chi connectivity index (χ4v) is 6.07. The third kappa shape index (κ3) is 7.30. The van der Waals surface area contributed by atoms with Crippen molar-refractivity contribution in [3.8, 4) is 11.5 Å². The minimum absolute atomic E-state index is 0.00737. The predicted octanol–water partition coefficient (Wildman–Crippen LogP) is 6.15. The van der Waals surface area contributed by atoms with Crippen molar-refractivity contribution in [2.24, 2.45) is 5.92 Å². The van der Waals surface area contributed by atoms with Crippen LogP contribution < -0.4 is 9.47 Å². The topological polar surface area (TPSA) is 145 Å². The molecule has 0 spiro atoms. The molecule has 3 atom stereocenters. The van der Waals surface area contributed by atoms with Gasteiger partial charge in [0.2, 0.25) is 18.5 Å². The van der Waals surface area contributed by atoms with Crippen LogP contribution in [0.25, 0.3) is 27.9 Å². The molecule has 5 aromatic rings. The number of carboxylic acids is 1. The lowest BCUT2D eigenvalue weighted by Crippen LogP contribution is -2.48. The average Bonchev–Trinajstić information content (AvgIpc) is 3.76. The van der Waals surface area contributed by atoms with Gasteiger partial charge in [-0.05, 0) is 71.7 Å². The fraction of sp³-hybridized carbons (Fsp3) is 0.237. The minimum Gasteiger partial charge on any atom is -0.481 e. The third-order valence-electron chi connectivity index (χ3n) is 8.68. The zero-order chi connectivity index (χ0) is 34.5. The number of hydrogen-bond acceptors (Lipinski definition) is 9. The molecule has 250 valence electrons. The van der Waals surface area contributed by atoms with Crippen molar-refractivity contribution in [1.29, 1.82) is 0 Å². The Kier molecular flexibility index (Phi) is 9.70. The lowest BCUT2D eigenvalue weighted by Gasteiger charge is -2.35. The maximum absolute atomic E-state index is 14.2. The van der Waals surface area contributed by atoms with Gasteiger partial charge in [0, 0.05) is 18.5 Å². The number of para-hydroxylation sites is 2. The van der Waals surface area contributed by atoms with E-state index in [9.17, 15) is 24.3 Å². The van der Waals surface area contributed by atoms with Gasteiger partial charge in [0.05, 0.1) is 13.5 Å². The first-order valence-electron chi connectivity index (χ1n) is 15.8. The van der Waals surface area contributed by atoms with Gasteiger partial charge in [-0.1, -0.05) is 60.7 Å². The summed E-state index contributed by atoms with van der Waals surface area (Å²) in [5.41, 5.74) is 2.91. The van der Waals surface area contributed by atoms with Crippen LogP contribution in [0.3, 0.4) is 0 Å². The van der Waals surface area contributed by atoms with E-state index < -0.39 is 47.9 Å². The van der Waals surface area contributed by atoms with Crippen LogP contribution >= 0.6 is 0 Å². The lowest BCUT2D eigenvalue weighted by molar-refractivity contribution is -0.159. The van der Waals surface area contributed by atoms with Gasteiger partial charge in [0.25, 0.3) is 5.91 Å². The van der Waals surface area contributed by atoms with Gasteiger partial charge in [-0.3, -0.25) is 19.2 Å². The zero-order valence-electron chi connectivity index (χ0n) is 26.9. The Morgan fingerprint density at radius 2 is 1.69 bits per heavy atom. The maximum Gasteiger partial charge on any atom is 0.317 e. The summed E-state index contributed by atoms with van der Waals surface area (Å²) in [7, 11) is 1.04. The summed E-state index contributed by atoms with van der Waals surface area (Å²) >= 11 is 0. The number of oxazole rings is 1. The summed E-state index contributed by atoms with van der Waals surface area (Å²) in [4.78, 5) is 58.0. The van der Waals surface area contributed by atoms with Crippen LogP contribution in [0.4, 0.5) is 0 Å². The zero-order valence-corrected chi connectivity index (χ0v) is 26.9. The number of allylic oxidation sites excluding steroid dienone is 1. The average molecular weight is 663 g/mol. The first kappa shape index (κ1) is 33.0. The molecule has 0 fully saturated rings. The highest BCUT2D eigenvalue weighted by molar-refractivity contribution is 6.40. The van der Waals surface area contributed by atoms with Gasteiger partial charge >= 0.3 is 11.9 Å². The highest BCUT2D eigenvalue weighted by atomic mass is 16.7. The number of esters is 1. The van der Waals surface area contributed by atoms with Crippen molar-refractivity contribution >= 4 is 51.6 Å². The quantitative estimate of drug-likeness (QED) is 0.0886. The Balaban J connectivity index is 1.38. The van der Waals surface area contributed by atoms with E-state index in [1.54, 1.807) is 12.1 Å². The molecular weight excluding hydrogens is 628 g/mol. The van der Waals surface area contributed by atoms with Gasteiger partial charge in [-0.2, -0.15) is 0 Å². The van der Waals surface area contributed by atoms with E-state index in [1.165, 1.54) is 4.90 Å². The summed E-state index contributed by atoms with van der Waals surface area (Å²) in [5, 5.41) is 11.4. The molecule has 11 heteroatoms. The van der Waals surface area contributed by atoms with Gasteiger partial charge in [0.1, 0.15) is 11.4 Å². The Morgan fingerprint density at radius 1 is 0.939 bits per heavy atom. The van der Waals surface area contributed by atoms with E-state index >= 15 is 0 Å². The molecule has 2 heterocycles. The number of Topliss-reactive ketones (excluding diaryl/α,β-unsaturated/α-hetero) is 1. The molecule has 49 heavy (non-hydrogen) atoms. The number of rotatable bonds is 13. The summed E-state index contributed by atoms with van der Waals surface area (Å²) in [5.74, 6) is -5.32. The molecule has 0 saturated carbocycles. The Labute approximate surface area is 281 Å². The number of aliphatic carboxylic acids is 1. The van der Waals surface area contributed by atoms with E-state index in [4.69, 9.17) is 18.6 Å². The molecule has 1 aliphatic heterocycles. The van der Waals surface area contributed by atoms with E-state index in [0.29, 0.717) is 29.4 Å². The molecule has 1 unspecified atom stereocenters. The molecule has 1 aliphatic rings. The van der Waals surface area contributed by atoms with Crippen molar-refractivity contribution < 1.29 is 42.9 Å². The van der Waals surface area contributed by atoms with Crippen LogP contribution in [0.2, 0.25) is 0 Å². The normalized spacial score (nSPS) is 14.1. The van der Waals surface area contributed by atoms with E-state index in [2.05, 4.69) is 4.98 Å². The molecular formula is C38H34N2O9. The molecule has 4 aromatic carbocycles. The van der Waals surface area contributed by atoms with Gasteiger partial charge in [0.15, 0.2) is 17.1 Å². The van der Waals surface area contributed by atoms with Crippen molar-refractivity contribution in [2.75, 3.05) is 13.9 Å². The number of hydrogen-bond donors (Lipinski definition) is 1. The van der Waals surface area contributed by atoms with Gasteiger partial charge in [-0.25, -0.2) is 4.98 Å². The highest BCUT2D eigenvalue weighted by Crippen LogP contribution is 2.38. The second-order valence-corrected chi connectivity index (χ2v) is 11.8. The molecule has 0 aliphatic carbocycles. The highest BCUT2D eigenvalue weighted by Gasteiger charge is 2.40. The summed E-state index contributed by atoms with van der Waals surface area (Å²) in [6.45, 7) is 1.91. The number of carboxylic acid groups (broad SMARTS) is 1. The second-order valence-electron chi connectivity index (χ2n) is 11.8. The number of amides is 1. The first-order valence-corrected chi connectivity index (χ1v) is 15.8. The van der Waals surface area contributed by atoms with Crippen molar-refractivity contribution in [3.63, 3.8) is 0 Å². The summed E-state index contributed by atoms with van der Waals surface area (Å²) in [6.07, 6.45) is 3.14. The number of methoxy groups -OCH3 is 1. The standard InChI is InChI=1S/C38H34N2O9/c1-23(28(27-16-17-32-33(19-27)48-22-47-32)10-7-13-34-39-30-11-5-6-12-31(30)49-34)40(21-24-14-15-25-8-3-4-9-26(25)18-24)37(44)36(43)29(20-35(41)42)38(45)46-2/h3-9,11-19,23,28-29H,10,20-22H2,1-2H3,(H,41,42)/t23-,28+,29?/m1/s1. The van der Waals surface area contributed by atoms with Crippen LogP contribution in [0.1, 0.15) is 42.7 Å². The molecule has 6 rings (SSSR count). The molecule has 0 bridgehead atoms. The van der Waals surface area contributed by atoms with Gasteiger partial charge in [-0.15, -0.1) is 0 Å². The van der Waals surface area contributed by atoms with Crippen molar-refractivity contribution in [1.82, 2.24) is 9.88 Å². The van der Waals surface area contributed by atoms with Crippen molar-refractivity contribution in [2.45, 2.75) is 38.3 Å². The molecule has 0 radical (unpaired) electrons. The Hall–Kier alpha value is -5.97. The predicted molar refractivity (Wildman–Crippen MR) is 180 cm³/mol. The lowest BCUT2D eigenvalue weighted by atomic mass is 9.87. The molecule has 1 amide bonds. The number of nitrogens with zero attached hydrogens (tertiary/aromatic N) is 2. The Bertz CT molecular complexity index is 2030. The number of aromatic nitrogens is 1. The molecule has 11 nitrogen and oxygen atoms in total. The van der Waals surface area contributed by atoms with Crippen molar-refractivity contribution in [3.05, 3.63) is 108 Å². The Morgan fingerprint density at radius 3 is 2.47 bits per heavy atom. The third-order valence-corrected chi connectivity index (χ3v) is 8.68. The van der Waals surface area contributed by atoms with Crippen LogP contribution in [0.15, 0.2) is 95.4 Å². The van der Waals surface area contributed by atoms with Crippen LogP contribution in [0, 0.1) is 5.92 Å². The molecule has 1 N–H and O–H groups in total. The number of benzene rings is 4. The van der Waals surface area contributed by atoms with E-state index in [0.717, 1.165) is 34.5 Å². The summed E-state index contributed by atoms with van der Waals surface area (Å²) in [6, 6.07) is 25.8. The van der Waals surface area contributed by atoms with Crippen LogP contribution in [-0.4, -0.2) is 58.6 Å². The number of fused-ring (bicyclic) bond motifs is 3. The second kappa shape index (κ2) is 14.4. The molecule has 1 aromatic heterocycles. The fourth-order valence-electron chi connectivity index (χ4n) is 6.07. The van der Waals surface area contributed by atoms with Gasteiger partial charge < -0.3 is 28.6 Å². The molecule has 0 saturated heterocycles. The SMILES string of the molecule is COC(=O)C(CC(=O)O)C(=O)C(=O)N(Cc1ccc2ccccc2c1)[C@H](C)[C@H](CC=Cc1nc2ccccc2o1)c1ccc2c(c1)OCO2. The smallest absolute Gasteiger partial charge is 0.317 e. The number of carbonyl (C=O) groups is 4. The largest absolute Gasteiger partial charge is 0.481 e. The van der Waals surface area contributed by atoms with Crippen LogP contribution in [-0.2, 0) is 30.5 Å². The van der Waals surface area contributed by atoms with E-state index in [1.807, 2.05) is 91.9 Å². The monoisotopic (exact) mass is 662 g/mol. The van der Waals surface area contributed by atoms with E-state index in [-0.39, 0.29) is 13.3 Å². The number of ketones is 1. The summed E-state index contributed by atoms with van der Waals surface area (Å²) < 4.78 is 21.8.